The van der Waals surface area contributed by atoms with E-state index in [0.717, 1.165) is 11.1 Å². The van der Waals surface area contributed by atoms with E-state index in [-0.39, 0.29) is 0 Å². The molecule has 2 nitrogen and oxygen atoms in total. The first-order chi connectivity index (χ1) is 5.47. The Morgan fingerprint density at radius 1 is 1.36 bits per heavy atom. The fourth-order valence-electron chi connectivity index (χ4n) is 0.905. The molecule has 2 heteroatoms. The highest BCUT2D eigenvalue weighted by Gasteiger charge is 1.96. The molecule has 2 aromatic rings. The van der Waals surface area contributed by atoms with E-state index >= 15 is 0 Å². The molecule has 0 N–H and O–H groups in total. The van der Waals surface area contributed by atoms with Gasteiger partial charge in [-0.15, -0.1) is 0 Å². The summed E-state index contributed by atoms with van der Waals surface area (Å²) in [5.41, 5.74) is 1.97. The molecule has 0 amide bonds. The third kappa shape index (κ3) is 1.15. The second kappa shape index (κ2) is 2.58. The van der Waals surface area contributed by atoms with Gasteiger partial charge in [-0.3, -0.25) is 4.98 Å². The molecule has 0 bridgehead atoms. The molecule has 1 radical (unpaired) electrons. The van der Waals surface area contributed by atoms with Crippen LogP contribution in [-0.2, 0) is 0 Å². The Morgan fingerprint density at radius 3 is 3.00 bits per heavy atom. The lowest BCUT2D eigenvalue weighted by atomic mass is 10.2. The molecule has 0 aliphatic carbocycles. The maximum absolute atomic E-state index is 4.92. The second-order valence-corrected chi connectivity index (χ2v) is 2.17. The van der Waals surface area contributed by atoms with E-state index in [1.54, 1.807) is 18.7 Å². The number of hydrogen-bond acceptors (Lipinski definition) is 2. The van der Waals surface area contributed by atoms with E-state index in [0.29, 0.717) is 0 Å². The van der Waals surface area contributed by atoms with Crippen LogP contribution in [0.3, 0.4) is 0 Å². The monoisotopic (exact) mass is 144 g/mol. The minimum absolute atomic E-state index is 0.959. The number of aromatic nitrogens is 1. The Hall–Kier alpha value is -1.57. The van der Waals surface area contributed by atoms with E-state index in [9.17, 15) is 0 Å². The standard InChI is InChI=1S/C9H6NO/c1-2-8(6-10-4-1)9-3-5-11-7-9/h1-5,7H. The predicted molar refractivity (Wildman–Crippen MR) is 40.8 cm³/mol. The molecule has 2 rings (SSSR count). The Bertz CT molecular complexity index is 313. The van der Waals surface area contributed by atoms with Crippen molar-refractivity contribution in [2.24, 2.45) is 0 Å². The smallest absolute Gasteiger partial charge is 0.0981 e. The zero-order chi connectivity index (χ0) is 7.52. The SMILES string of the molecule is [c]1ncccc1-c1ccoc1. The summed E-state index contributed by atoms with van der Waals surface area (Å²) in [4.78, 5) is 3.87. The Morgan fingerprint density at radius 2 is 2.36 bits per heavy atom. The molecule has 0 fully saturated rings. The molecule has 0 saturated heterocycles. The molecule has 0 spiro atoms. The first-order valence-corrected chi connectivity index (χ1v) is 3.32. The number of furan rings is 1. The highest BCUT2D eigenvalue weighted by atomic mass is 16.3. The molecule has 0 unspecified atom stereocenters. The third-order valence-corrected chi connectivity index (χ3v) is 1.44. The van der Waals surface area contributed by atoms with E-state index < -0.39 is 0 Å². The van der Waals surface area contributed by atoms with Crippen LogP contribution < -0.4 is 0 Å². The minimum atomic E-state index is 0.959. The molecular formula is C9H6NO. The van der Waals surface area contributed by atoms with Crippen molar-refractivity contribution in [3.05, 3.63) is 43.1 Å². The zero-order valence-electron chi connectivity index (χ0n) is 5.82. The van der Waals surface area contributed by atoms with Crippen molar-refractivity contribution >= 4 is 0 Å². The van der Waals surface area contributed by atoms with Crippen LogP contribution in [0.5, 0.6) is 0 Å². The normalized spacial score (nSPS) is 9.82. The molecule has 2 aromatic heterocycles. The van der Waals surface area contributed by atoms with Crippen LogP contribution in [0.15, 0.2) is 41.3 Å². The summed E-state index contributed by atoms with van der Waals surface area (Å²) in [6.07, 6.45) is 7.87. The topological polar surface area (TPSA) is 26.0 Å². The molecule has 0 aliphatic rings. The maximum Gasteiger partial charge on any atom is 0.0981 e. The zero-order valence-corrected chi connectivity index (χ0v) is 5.82. The van der Waals surface area contributed by atoms with Gasteiger partial charge in [0.1, 0.15) is 0 Å². The Balaban J connectivity index is 2.46. The maximum atomic E-state index is 4.92. The van der Waals surface area contributed by atoms with Crippen molar-refractivity contribution in [1.82, 2.24) is 4.98 Å². The lowest BCUT2D eigenvalue weighted by molar-refractivity contribution is 0.568. The first kappa shape index (κ1) is 6.16. The number of nitrogens with zero attached hydrogens (tertiary/aromatic N) is 1. The molecule has 0 saturated carbocycles. The first-order valence-electron chi connectivity index (χ1n) is 3.32. The van der Waals surface area contributed by atoms with Gasteiger partial charge in [-0.2, -0.15) is 0 Å². The lowest BCUT2D eigenvalue weighted by Gasteiger charge is -1.90. The Kier molecular flexibility index (Phi) is 1.44. The fraction of sp³-hybridized carbons (Fsp3) is 0. The number of hydrogen-bond donors (Lipinski definition) is 0. The van der Waals surface area contributed by atoms with Crippen LogP contribution in [0, 0.1) is 6.20 Å². The molecule has 0 aliphatic heterocycles. The molecule has 53 valence electrons. The summed E-state index contributed by atoms with van der Waals surface area (Å²) in [7, 11) is 0. The van der Waals surface area contributed by atoms with Gasteiger partial charge in [-0.1, -0.05) is 6.07 Å². The van der Waals surface area contributed by atoms with Crippen LogP contribution >= 0.6 is 0 Å². The third-order valence-electron chi connectivity index (χ3n) is 1.44. The van der Waals surface area contributed by atoms with Crippen LogP contribution in [0.1, 0.15) is 0 Å². The van der Waals surface area contributed by atoms with Gasteiger partial charge in [0.15, 0.2) is 0 Å². The van der Waals surface area contributed by atoms with Crippen molar-refractivity contribution in [3.63, 3.8) is 0 Å². The summed E-state index contributed by atoms with van der Waals surface area (Å²) >= 11 is 0. The number of pyridine rings is 1. The summed E-state index contributed by atoms with van der Waals surface area (Å²) in [6, 6.07) is 5.70. The molecular weight excluding hydrogens is 138 g/mol. The van der Waals surface area contributed by atoms with Crippen LogP contribution in [-0.4, -0.2) is 4.98 Å². The predicted octanol–water partition coefficient (Wildman–Crippen LogP) is 2.14. The molecule has 11 heavy (non-hydrogen) atoms. The number of rotatable bonds is 1. The van der Waals surface area contributed by atoms with Gasteiger partial charge in [0.2, 0.25) is 0 Å². The van der Waals surface area contributed by atoms with Gasteiger partial charge < -0.3 is 4.42 Å². The fourth-order valence-corrected chi connectivity index (χ4v) is 0.905. The van der Waals surface area contributed by atoms with Gasteiger partial charge in [-0.25, -0.2) is 0 Å². The van der Waals surface area contributed by atoms with E-state index in [4.69, 9.17) is 4.42 Å². The summed E-state index contributed by atoms with van der Waals surface area (Å²) in [6.45, 7) is 0. The van der Waals surface area contributed by atoms with E-state index in [1.807, 2.05) is 18.2 Å². The Labute approximate surface area is 64.5 Å². The summed E-state index contributed by atoms with van der Waals surface area (Å²) < 4.78 is 4.92. The summed E-state index contributed by atoms with van der Waals surface area (Å²) in [5, 5.41) is 0. The van der Waals surface area contributed by atoms with Crippen LogP contribution in [0.2, 0.25) is 0 Å². The highest BCUT2D eigenvalue weighted by Crippen LogP contribution is 2.16. The van der Waals surface area contributed by atoms with Crippen molar-refractivity contribution < 1.29 is 4.42 Å². The molecule has 0 aromatic carbocycles. The largest absolute Gasteiger partial charge is 0.472 e. The van der Waals surface area contributed by atoms with Crippen LogP contribution in [0.4, 0.5) is 0 Å². The van der Waals surface area contributed by atoms with Crippen molar-refractivity contribution in [1.29, 1.82) is 0 Å². The quantitative estimate of drug-likeness (QED) is 0.612. The molecule has 2 heterocycles. The lowest BCUT2D eigenvalue weighted by Crippen LogP contribution is -1.74. The molecule has 0 atom stereocenters. The summed E-state index contributed by atoms with van der Waals surface area (Å²) in [5.74, 6) is 0. The van der Waals surface area contributed by atoms with Gasteiger partial charge >= 0.3 is 0 Å². The minimum Gasteiger partial charge on any atom is -0.472 e. The van der Waals surface area contributed by atoms with Gasteiger partial charge in [-0.05, 0) is 12.1 Å². The van der Waals surface area contributed by atoms with Crippen molar-refractivity contribution in [3.8, 4) is 11.1 Å². The average molecular weight is 144 g/mol. The van der Waals surface area contributed by atoms with Gasteiger partial charge in [0.05, 0.1) is 18.7 Å². The van der Waals surface area contributed by atoms with Gasteiger partial charge in [0, 0.05) is 17.3 Å². The van der Waals surface area contributed by atoms with Gasteiger partial charge in [0.25, 0.3) is 0 Å². The average Bonchev–Trinajstić information content (AvgIpc) is 2.58. The van der Waals surface area contributed by atoms with Crippen molar-refractivity contribution in [2.45, 2.75) is 0 Å². The highest BCUT2D eigenvalue weighted by molar-refractivity contribution is 5.59. The van der Waals surface area contributed by atoms with Crippen LogP contribution in [0.25, 0.3) is 11.1 Å². The van der Waals surface area contributed by atoms with E-state index in [1.165, 1.54) is 0 Å². The van der Waals surface area contributed by atoms with E-state index in [2.05, 4.69) is 11.2 Å². The van der Waals surface area contributed by atoms with Crippen molar-refractivity contribution in [2.75, 3.05) is 0 Å². The second-order valence-electron chi connectivity index (χ2n) is 2.17.